The van der Waals surface area contributed by atoms with Gasteiger partial charge in [0.25, 0.3) is 6.43 Å². The van der Waals surface area contributed by atoms with Crippen LogP contribution in [-0.2, 0) is 4.79 Å². The van der Waals surface area contributed by atoms with Gasteiger partial charge in [-0.05, 0) is 18.6 Å². The lowest BCUT2D eigenvalue weighted by atomic mass is 10.2. The predicted octanol–water partition coefficient (Wildman–Crippen LogP) is 2.62. The van der Waals surface area contributed by atoms with Crippen molar-refractivity contribution in [1.82, 2.24) is 0 Å². The Balaban J connectivity index is 2.58. The number of para-hydroxylation sites is 1. The maximum Gasteiger partial charge on any atom is 0.303 e. The van der Waals surface area contributed by atoms with Crippen molar-refractivity contribution in [2.75, 3.05) is 18.0 Å². The minimum absolute atomic E-state index is 0.00737. The van der Waals surface area contributed by atoms with Crippen LogP contribution in [0.25, 0.3) is 0 Å². The molecule has 0 aliphatic carbocycles. The van der Waals surface area contributed by atoms with E-state index in [0.717, 1.165) is 0 Å². The van der Waals surface area contributed by atoms with Crippen LogP contribution >= 0.6 is 0 Å². The molecule has 0 saturated carbocycles. The molecule has 5 heteroatoms. The van der Waals surface area contributed by atoms with Crippen LogP contribution in [0.5, 0.6) is 0 Å². The summed E-state index contributed by atoms with van der Waals surface area (Å²) in [6.45, 7) is -0.0513. The lowest BCUT2D eigenvalue weighted by molar-refractivity contribution is -0.137. The fraction of sp³-hybridized carbons (Fsp3) is 0.417. The zero-order valence-electron chi connectivity index (χ0n) is 9.35. The number of anilines is 1. The number of carbonyl (C=O) groups is 1. The summed E-state index contributed by atoms with van der Waals surface area (Å²) in [4.78, 5) is 11.9. The second-order valence-corrected chi connectivity index (χ2v) is 3.67. The van der Waals surface area contributed by atoms with Gasteiger partial charge in [-0.15, -0.1) is 0 Å². The smallest absolute Gasteiger partial charge is 0.303 e. The lowest BCUT2D eigenvalue weighted by Crippen LogP contribution is -2.30. The summed E-state index contributed by atoms with van der Waals surface area (Å²) in [7, 11) is 0. The SMILES string of the molecule is O=C(O)CCCN(CC(F)F)c1ccccc1. The first-order valence-corrected chi connectivity index (χ1v) is 5.39. The Morgan fingerprint density at radius 1 is 1.29 bits per heavy atom. The van der Waals surface area contributed by atoms with Gasteiger partial charge in [-0.2, -0.15) is 0 Å². The van der Waals surface area contributed by atoms with Crippen molar-refractivity contribution in [2.24, 2.45) is 0 Å². The van der Waals surface area contributed by atoms with E-state index in [2.05, 4.69) is 0 Å². The third-order valence-electron chi connectivity index (χ3n) is 2.30. The van der Waals surface area contributed by atoms with Crippen molar-refractivity contribution in [1.29, 1.82) is 0 Å². The van der Waals surface area contributed by atoms with Crippen LogP contribution in [0.3, 0.4) is 0 Å². The van der Waals surface area contributed by atoms with Crippen LogP contribution in [0.2, 0.25) is 0 Å². The highest BCUT2D eigenvalue weighted by atomic mass is 19.3. The second-order valence-electron chi connectivity index (χ2n) is 3.67. The molecule has 1 N–H and O–H groups in total. The second kappa shape index (κ2) is 6.83. The van der Waals surface area contributed by atoms with Gasteiger partial charge in [0.2, 0.25) is 0 Å². The van der Waals surface area contributed by atoms with E-state index in [9.17, 15) is 13.6 Å². The molecular formula is C12H15F2NO2. The van der Waals surface area contributed by atoms with E-state index < -0.39 is 12.4 Å². The molecule has 0 atom stereocenters. The molecule has 0 aromatic heterocycles. The highest BCUT2D eigenvalue weighted by Crippen LogP contribution is 2.15. The average Bonchev–Trinajstić information content (AvgIpc) is 2.28. The zero-order chi connectivity index (χ0) is 12.7. The highest BCUT2D eigenvalue weighted by molar-refractivity contribution is 5.66. The molecule has 3 nitrogen and oxygen atoms in total. The van der Waals surface area contributed by atoms with Crippen LogP contribution < -0.4 is 4.90 Å². The summed E-state index contributed by atoms with van der Waals surface area (Å²) in [5, 5.41) is 8.51. The largest absolute Gasteiger partial charge is 0.481 e. The maximum absolute atomic E-state index is 12.4. The summed E-state index contributed by atoms with van der Waals surface area (Å²) in [6, 6.07) is 8.82. The van der Waals surface area contributed by atoms with Crippen molar-refractivity contribution >= 4 is 11.7 Å². The quantitative estimate of drug-likeness (QED) is 0.800. The molecule has 0 radical (unpaired) electrons. The van der Waals surface area contributed by atoms with Crippen molar-refractivity contribution < 1.29 is 18.7 Å². The fourth-order valence-electron chi connectivity index (χ4n) is 1.55. The van der Waals surface area contributed by atoms with Gasteiger partial charge in [0.15, 0.2) is 0 Å². The van der Waals surface area contributed by atoms with Gasteiger partial charge in [0, 0.05) is 18.7 Å². The number of rotatable bonds is 7. The first kappa shape index (κ1) is 13.4. The third-order valence-corrected chi connectivity index (χ3v) is 2.30. The summed E-state index contributed by atoms with van der Waals surface area (Å²) >= 11 is 0. The van der Waals surface area contributed by atoms with Crippen LogP contribution in [0.1, 0.15) is 12.8 Å². The monoisotopic (exact) mass is 243 g/mol. The Kier molecular flexibility index (Phi) is 5.39. The molecular weight excluding hydrogens is 228 g/mol. The molecule has 1 aromatic rings. The molecule has 0 unspecified atom stereocenters. The number of nitrogens with zero attached hydrogens (tertiary/aromatic N) is 1. The highest BCUT2D eigenvalue weighted by Gasteiger charge is 2.12. The van der Waals surface area contributed by atoms with Gasteiger partial charge in [-0.25, -0.2) is 8.78 Å². The van der Waals surface area contributed by atoms with Crippen molar-refractivity contribution in [3.05, 3.63) is 30.3 Å². The molecule has 0 spiro atoms. The molecule has 17 heavy (non-hydrogen) atoms. The van der Waals surface area contributed by atoms with E-state index in [1.807, 2.05) is 0 Å². The molecule has 1 aromatic carbocycles. The number of hydrogen-bond acceptors (Lipinski definition) is 2. The molecule has 94 valence electrons. The van der Waals surface area contributed by atoms with Crippen molar-refractivity contribution in [2.45, 2.75) is 19.3 Å². The summed E-state index contributed by atoms with van der Waals surface area (Å²) in [5.41, 5.74) is 0.693. The standard InChI is InChI=1S/C12H15F2NO2/c13-11(14)9-15(8-4-7-12(16)17)10-5-2-1-3-6-10/h1-3,5-6,11H,4,7-9H2,(H,16,17). The Morgan fingerprint density at radius 2 is 1.94 bits per heavy atom. The van der Waals surface area contributed by atoms with Crippen molar-refractivity contribution in [3.8, 4) is 0 Å². The summed E-state index contributed by atoms with van der Waals surface area (Å²) < 4.78 is 24.8. The minimum Gasteiger partial charge on any atom is -0.481 e. The number of carboxylic acid groups (broad SMARTS) is 1. The summed E-state index contributed by atoms with van der Waals surface area (Å²) in [5.74, 6) is -0.907. The molecule has 0 aliphatic rings. The lowest BCUT2D eigenvalue weighted by Gasteiger charge is -2.24. The van der Waals surface area contributed by atoms with Crippen molar-refractivity contribution in [3.63, 3.8) is 0 Å². The number of aliphatic carboxylic acids is 1. The Bertz CT molecular complexity index is 344. The number of halogens is 2. The normalized spacial score (nSPS) is 10.5. The Labute approximate surface area is 98.7 Å². The van der Waals surface area contributed by atoms with Gasteiger partial charge in [-0.3, -0.25) is 4.79 Å². The van der Waals surface area contributed by atoms with Crippen LogP contribution in [0.4, 0.5) is 14.5 Å². The first-order chi connectivity index (χ1) is 8.09. The van der Waals surface area contributed by atoms with Crippen LogP contribution in [0.15, 0.2) is 30.3 Å². The number of benzene rings is 1. The number of alkyl halides is 2. The number of carboxylic acids is 1. The predicted molar refractivity (Wildman–Crippen MR) is 61.5 cm³/mol. The van der Waals surface area contributed by atoms with E-state index in [1.54, 1.807) is 30.3 Å². The van der Waals surface area contributed by atoms with E-state index in [4.69, 9.17) is 5.11 Å². The van der Waals surface area contributed by atoms with Crippen LogP contribution in [-0.4, -0.2) is 30.6 Å². The van der Waals surface area contributed by atoms with Gasteiger partial charge in [0.05, 0.1) is 6.54 Å². The minimum atomic E-state index is -2.43. The van der Waals surface area contributed by atoms with E-state index >= 15 is 0 Å². The van der Waals surface area contributed by atoms with E-state index in [0.29, 0.717) is 18.7 Å². The Morgan fingerprint density at radius 3 is 2.47 bits per heavy atom. The fourth-order valence-corrected chi connectivity index (χ4v) is 1.55. The Hall–Kier alpha value is -1.65. The van der Waals surface area contributed by atoms with Gasteiger partial charge in [-0.1, -0.05) is 18.2 Å². The van der Waals surface area contributed by atoms with Gasteiger partial charge in [0.1, 0.15) is 0 Å². The first-order valence-electron chi connectivity index (χ1n) is 5.39. The zero-order valence-corrected chi connectivity index (χ0v) is 9.35. The summed E-state index contributed by atoms with van der Waals surface area (Å²) in [6.07, 6.45) is -2.08. The van der Waals surface area contributed by atoms with Crippen LogP contribution in [0, 0.1) is 0 Å². The van der Waals surface area contributed by atoms with E-state index in [-0.39, 0.29) is 13.0 Å². The molecule has 0 aliphatic heterocycles. The molecule has 0 saturated heterocycles. The topological polar surface area (TPSA) is 40.5 Å². The molecule has 0 heterocycles. The van der Waals surface area contributed by atoms with E-state index in [1.165, 1.54) is 4.90 Å². The molecule has 0 amide bonds. The average molecular weight is 243 g/mol. The number of hydrogen-bond donors (Lipinski definition) is 1. The maximum atomic E-state index is 12.4. The van der Waals surface area contributed by atoms with Gasteiger partial charge >= 0.3 is 5.97 Å². The molecule has 1 rings (SSSR count). The molecule has 0 fully saturated rings. The third kappa shape index (κ3) is 5.29. The van der Waals surface area contributed by atoms with Gasteiger partial charge < -0.3 is 10.0 Å². The molecule has 0 bridgehead atoms.